The molecule has 2 rings (SSSR count). The number of benzene rings is 2. The molecule has 0 aromatic heterocycles. The van der Waals surface area contributed by atoms with Gasteiger partial charge in [-0.15, -0.1) is 0 Å². The van der Waals surface area contributed by atoms with E-state index >= 15 is 0 Å². The molecule has 0 radical (unpaired) electrons. The number of aliphatic hydroxyl groups is 1. The van der Waals surface area contributed by atoms with Crippen molar-refractivity contribution in [2.45, 2.75) is 19.1 Å². The molecule has 0 bridgehead atoms. The van der Waals surface area contributed by atoms with E-state index in [2.05, 4.69) is 23.9 Å². The molecule has 2 aromatic carbocycles. The third-order valence-corrected chi connectivity index (χ3v) is 4.40. The van der Waals surface area contributed by atoms with Crippen molar-refractivity contribution in [3.8, 4) is 17.2 Å². The fourth-order valence-electron chi connectivity index (χ4n) is 2.99. The lowest BCUT2D eigenvalue weighted by molar-refractivity contribution is 0.0744. The highest BCUT2D eigenvalue weighted by molar-refractivity contribution is 5.43. The van der Waals surface area contributed by atoms with Crippen LogP contribution in [0.3, 0.4) is 0 Å². The Morgan fingerprint density at radius 1 is 0.966 bits per heavy atom. The maximum atomic E-state index is 10.2. The fourth-order valence-corrected chi connectivity index (χ4v) is 2.99. The van der Waals surface area contributed by atoms with E-state index in [1.807, 2.05) is 55.6 Å². The smallest absolute Gasteiger partial charge is 0.161 e. The van der Waals surface area contributed by atoms with E-state index in [9.17, 15) is 5.11 Å². The summed E-state index contributed by atoms with van der Waals surface area (Å²) in [7, 11) is 7.73. The predicted octanol–water partition coefficient (Wildman–Crippen LogP) is 2.90. The van der Waals surface area contributed by atoms with Crippen molar-refractivity contribution in [3.63, 3.8) is 0 Å². The Kier molecular flexibility index (Phi) is 9.77. The number of aliphatic hydroxyl groups excluding tert-OH is 1. The lowest BCUT2D eigenvalue weighted by Gasteiger charge is -2.21. The molecule has 29 heavy (non-hydrogen) atoms. The molecule has 0 aliphatic carbocycles. The summed E-state index contributed by atoms with van der Waals surface area (Å²) < 4.78 is 17.0. The van der Waals surface area contributed by atoms with Gasteiger partial charge in [0, 0.05) is 19.6 Å². The Labute approximate surface area is 174 Å². The van der Waals surface area contributed by atoms with Gasteiger partial charge in [-0.25, -0.2) is 0 Å². The zero-order valence-corrected chi connectivity index (χ0v) is 18.0. The van der Waals surface area contributed by atoms with Crippen LogP contribution in [0.4, 0.5) is 0 Å². The molecule has 0 aliphatic rings. The van der Waals surface area contributed by atoms with E-state index in [-0.39, 0.29) is 6.61 Å². The molecule has 0 fully saturated rings. The van der Waals surface area contributed by atoms with Crippen molar-refractivity contribution < 1.29 is 19.3 Å². The van der Waals surface area contributed by atoms with Crippen LogP contribution in [0.5, 0.6) is 17.2 Å². The number of nitrogens with zero attached hydrogens (tertiary/aromatic N) is 2. The largest absolute Gasteiger partial charge is 0.493 e. The molecule has 2 aromatic rings. The summed E-state index contributed by atoms with van der Waals surface area (Å²) in [6.45, 7) is 3.11. The molecular formula is C23H34N2O4. The summed E-state index contributed by atoms with van der Waals surface area (Å²) in [4.78, 5) is 4.20. The average molecular weight is 403 g/mol. The van der Waals surface area contributed by atoms with E-state index < -0.39 is 6.10 Å². The number of likely N-dealkylation sites (N-methyl/N-ethyl adjacent to an activating group) is 1. The van der Waals surface area contributed by atoms with Crippen molar-refractivity contribution >= 4 is 0 Å². The Morgan fingerprint density at radius 2 is 1.72 bits per heavy atom. The Bertz CT molecular complexity index is 709. The molecular weight excluding hydrogens is 368 g/mol. The van der Waals surface area contributed by atoms with E-state index in [1.54, 1.807) is 7.11 Å². The molecule has 160 valence electrons. The number of para-hydroxylation sites is 1. The molecule has 0 heterocycles. The van der Waals surface area contributed by atoms with E-state index in [1.165, 1.54) is 0 Å². The second-order valence-electron chi connectivity index (χ2n) is 7.47. The summed E-state index contributed by atoms with van der Waals surface area (Å²) in [6, 6.07) is 15.5. The monoisotopic (exact) mass is 402 g/mol. The zero-order valence-electron chi connectivity index (χ0n) is 18.0. The Balaban J connectivity index is 1.80. The van der Waals surface area contributed by atoms with Crippen molar-refractivity contribution in [2.24, 2.45) is 0 Å². The van der Waals surface area contributed by atoms with Crippen molar-refractivity contribution in [3.05, 3.63) is 54.1 Å². The number of rotatable bonds is 13. The van der Waals surface area contributed by atoms with Crippen molar-refractivity contribution in [1.82, 2.24) is 9.80 Å². The highest BCUT2D eigenvalue weighted by Crippen LogP contribution is 2.28. The number of hydrogen-bond acceptors (Lipinski definition) is 6. The van der Waals surface area contributed by atoms with Gasteiger partial charge in [0.1, 0.15) is 18.5 Å². The molecule has 0 saturated heterocycles. The molecule has 0 amide bonds. The fraction of sp³-hybridized carbons (Fsp3) is 0.478. The summed E-state index contributed by atoms with van der Waals surface area (Å²) in [5, 5.41) is 10.2. The third kappa shape index (κ3) is 8.73. The van der Waals surface area contributed by atoms with Gasteiger partial charge in [-0.3, -0.25) is 4.90 Å². The van der Waals surface area contributed by atoms with Crippen LogP contribution in [-0.4, -0.2) is 75.6 Å². The molecule has 6 nitrogen and oxygen atoms in total. The second kappa shape index (κ2) is 12.3. The molecule has 0 spiro atoms. The maximum Gasteiger partial charge on any atom is 0.161 e. The molecule has 1 N–H and O–H groups in total. The van der Waals surface area contributed by atoms with Gasteiger partial charge in [-0.2, -0.15) is 0 Å². The summed E-state index contributed by atoms with van der Waals surface area (Å²) in [6.07, 6.45) is 0.394. The molecule has 6 heteroatoms. The van der Waals surface area contributed by atoms with Gasteiger partial charge in [-0.1, -0.05) is 24.3 Å². The summed E-state index contributed by atoms with van der Waals surface area (Å²) >= 11 is 0. The van der Waals surface area contributed by atoms with Gasteiger partial charge in [0.15, 0.2) is 11.5 Å². The second-order valence-corrected chi connectivity index (χ2v) is 7.47. The minimum Gasteiger partial charge on any atom is -0.493 e. The highest BCUT2D eigenvalue weighted by atomic mass is 16.5. The Hall–Kier alpha value is -2.28. The quantitative estimate of drug-likeness (QED) is 0.520. The SMILES string of the molecule is COc1cc(CN(C)C[C@@H](O)COc2ccccc2)ccc1OCCCN(C)C. The standard InChI is InChI=1S/C23H34N2O4/c1-24(2)13-8-14-28-22-12-11-19(15-23(22)27-4)16-25(3)17-20(26)18-29-21-9-6-5-7-10-21/h5-7,9-12,15,20,26H,8,13-14,16-18H2,1-4H3/t20-/m1/s1. The van der Waals surface area contributed by atoms with Crippen LogP contribution in [0.25, 0.3) is 0 Å². The van der Waals surface area contributed by atoms with E-state index in [0.717, 1.165) is 35.8 Å². The van der Waals surface area contributed by atoms with Crippen LogP contribution < -0.4 is 14.2 Å². The number of methoxy groups -OCH3 is 1. The van der Waals surface area contributed by atoms with E-state index in [0.29, 0.717) is 19.7 Å². The minimum atomic E-state index is -0.568. The van der Waals surface area contributed by atoms with Crippen LogP contribution in [0.2, 0.25) is 0 Å². The lowest BCUT2D eigenvalue weighted by atomic mass is 10.2. The first-order chi connectivity index (χ1) is 14.0. The third-order valence-electron chi connectivity index (χ3n) is 4.40. The van der Waals surface area contributed by atoms with Crippen molar-refractivity contribution in [1.29, 1.82) is 0 Å². The van der Waals surface area contributed by atoms with Gasteiger partial charge in [0.05, 0.1) is 13.7 Å². The summed E-state index contributed by atoms with van der Waals surface area (Å²) in [5.74, 6) is 2.25. The highest BCUT2D eigenvalue weighted by Gasteiger charge is 2.12. The van der Waals surface area contributed by atoms with Gasteiger partial charge in [-0.05, 0) is 57.4 Å². The predicted molar refractivity (Wildman–Crippen MR) is 116 cm³/mol. The van der Waals surface area contributed by atoms with Crippen LogP contribution >= 0.6 is 0 Å². The van der Waals surface area contributed by atoms with Crippen LogP contribution in [-0.2, 0) is 6.54 Å². The van der Waals surface area contributed by atoms with Gasteiger partial charge in [0.2, 0.25) is 0 Å². The van der Waals surface area contributed by atoms with Crippen LogP contribution in [0.15, 0.2) is 48.5 Å². The Morgan fingerprint density at radius 3 is 2.41 bits per heavy atom. The normalized spacial score (nSPS) is 12.2. The maximum absolute atomic E-state index is 10.2. The summed E-state index contributed by atoms with van der Waals surface area (Å²) in [5.41, 5.74) is 1.10. The molecule has 1 atom stereocenters. The first-order valence-corrected chi connectivity index (χ1v) is 9.97. The molecule has 0 aliphatic heterocycles. The minimum absolute atomic E-state index is 0.261. The van der Waals surface area contributed by atoms with Gasteiger partial charge < -0.3 is 24.2 Å². The topological polar surface area (TPSA) is 54.4 Å². The van der Waals surface area contributed by atoms with Crippen LogP contribution in [0.1, 0.15) is 12.0 Å². The molecule has 0 unspecified atom stereocenters. The first kappa shape index (κ1) is 23.0. The van der Waals surface area contributed by atoms with E-state index in [4.69, 9.17) is 14.2 Å². The van der Waals surface area contributed by atoms with Crippen molar-refractivity contribution in [2.75, 3.05) is 54.6 Å². The molecule has 0 saturated carbocycles. The van der Waals surface area contributed by atoms with Crippen LogP contribution in [0, 0.1) is 0 Å². The first-order valence-electron chi connectivity index (χ1n) is 9.97. The number of ether oxygens (including phenoxy) is 3. The average Bonchev–Trinajstić information content (AvgIpc) is 2.71. The lowest BCUT2D eigenvalue weighted by Crippen LogP contribution is -2.32. The zero-order chi connectivity index (χ0) is 21.1. The van der Waals surface area contributed by atoms with Gasteiger partial charge in [0.25, 0.3) is 0 Å². The number of hydrogen-bond donors (Lipinski definition) is 1. The van der Waals surface area contributed by atoms with Gasteiger partial charge >= 0.3 is 0 Å².